The quantitative estimate of drug-likeness (QED) is 0.363. The summed E-state index contributed by atoms with van der Waals surface area (Å²) in [5.41, 5.74) is 15.1. The second kappa shape index (κ2) is 1.71. The van der Waals surface area contributed by atoms with E-state index >= 15 is 0 Å². The molecule has 38 valence electrons. The van der Waals surface area contributed by atoms with Crippen molar-refractivity contribution in [3.8, 4) is 0 Å². The zero-order chi connectivity index (χ0) is 5.21. The molecule has 6 heavy (non-hydrogen) atoms. The summed E-state index contributed by atoms with van der Waals surface area (Å²) in [6, 6.07) is 0. The van der Waals surface area contributed by atoms with Crippen LogP contribution < -0.4 is 16.5 Å². The molecule has 0 aliphatic rings. The predicted octanol–water partition coefficient (Wildman–Crippen LogP) is -0.562. The van der Waals surface area contributed by atoms with Crippen molar-refractivity contribution in [1.29, 1.82) is 0 Å². The Morgan fingerprint density at radius 2 is 1.50 bits per heavy atom. The molecule has 6 N–H and O–H groups in total. The molecule has 0 radical (unpaired) electrons. The molecule has 0 aliphatic carbocycles. The molecule has 0 spiro atoms. The van der Waals surface area contributed by atoms with Gasteiger partial charge in [-0.1, -0.05) is 0 Å². The van der Waals surface area contributed by atoms with Crippen molar-refractivity contribution in [3.05, 3.63) is 0 Å². The lowest BCUT2D eigenvalue weighted by molar-refractivity contribution is 1.42. The summed E-state index contributed by atoms with van der Waals surface area (Å²) in [5, 5.41) is 0. The second-order valence-corrected chi connectivity index (χ2v) is 2.98. The Morgan fingerprint density at radius 3 is 1.50 bits per heavy atom. The first-order valence-electron chi connectivity index (χ1n) is 1.42. The van der Waals surface area contributed by atoms with Crippen molar-refractivity contribution in [3.63, 3.8) is 0 Å². The minimum Gasteiger partial charge on any atom is -0.274 e. The molecule has 0 fully saturated rings. The first-order valence-corrected chi connectivity index (χ1v) is 3.37. The monoisotopic (exact) mass is 108 g/mol. The van der Waals surface area contributed by atoms with Gasteiger partial charge in [0.25, 0.3) is 0 Å². The Kier molecular flexibility index (Phi) is 1.74. The Balaban J connectivity index is 3.79. The van der Waals surface area contributed by atoms with Gasteiger partial charge in [0.05, 0.1) is 0 Å². The fraction of sp³-hybridized carbons (Fsp3) is 1.00. The molecule has 0 unspecified atom stereocenters. The van der Waals surface area contributed by atoms with E-state index in [1.807, 2.05) is 0 Å². The SMILES string of the molecule is CN=P(N)(N)N. The van der Waals surface area contributed by atoms with Crippen molar-refractivity contribution in [1.82, 2.24) is 0 Å². The van der Waals surface area contributed by atoms with Gasteiger partial charge in [-0.2, -0.15) is 0 Å². The van der Waals surface area contributed by atoms with Gasteiger partial charge in [0, 0.05) is 7.05 Å². The highest BCUT2D eigenvalue weighted by atomic mass is 31.2. The van der Waals surface area contributed by atoms with Crippen molar-refractivity contribution >= 4 is 7.51 Å². The molecule has 0 saturated heterocycles. The first-order chi connectivity index (χ1) is 2.56. The summed E-state index contributed by atoms with van der Waals surface area (Å²) in [4.78, 5) is 0. The summed E-state index contributed by atoms with van der Waals surface area (Å²) in [6.07, 6.45) is 0. The zero-order valence-corrected chi connectivity index (χ0v) is 4.52. The Morgan fingerprint density at radius 1 is 1.33 bits per heavy atom. The Labute approximate surface area is 36.9 Å². The van der Waals surface area contributed by atoms with Crippen LogP contribution >= 0.6 is 7.51 Å². The summed E-state index contributed by atoms with van der Waals surface area (Å²) in [5.74, 6) is 0. The highest BCUT2D eigenvalue weighted by molar-refractivity contribution is 7.59. The highest BCUT2D eigenvalue weighted by Gasteiger charge is 1.87. The van der Waals surface area contributed by atoms with Crippen LogP contribution in [0.15, 0.2) is 4.74 Å². The molecule has 0 aromatic heterocycles. The van der Waals surface area contributed by atoms with E-state index in [4.69, 9.17) is 16.5 Å². The fourth-order valence-electron chi connectivity index (χ4n) is 0. The lowest BCUT2D eigenvalue weighted by Gasteiger charge is -1.99. The fourth-order valence-corrected chi connectivity index (χ4v) is 0. The molecule has 0 aromatic rings. The molecule has 0 saturated carbocycles. The van der Waals surface area contributed by atoms with Crippen LogP contribution in [0.5, 0.6) is 0 Å². The molecule has 0 atom stereocenters. The van der Waals surface area contributed by atoms with Crippen molar-refractivity contribution in [2.75, 3.05) is 7.05 Å². The van der Waals surface area contributed by atoms with Crippen molar-refractivity contribution in [2.24, 2.45) is 21.3 Å². The molecule has 0 heterocycles. The van der Waals surface area contributed by atoms with E-state index in [2.05, 4.69) is 4.74 Å². The minimum atomic E-state index is -2.27. The van der Waals surface area contributed by atoms with Gasteiger partial charge in [-0.25, -0.2) is 0 Å². The van der Waals surface area contributed by atoms with Gasteiger partial charge in [-0.05, 0) is 0 Å². The second-order valence-electron chi connectivity index (χ2n) is 0.994. The van der Waals surface area contributed by atoms with Crippen molar-refractivity contribution < 1.29 is 0 Å². The number of hydrogen-bond acceptors (Lipinski definition) is 1. The van der Waals surface area contributed by atoms with E-state index in [0.29, 0.717) is 0 Å². The normalized spacial score (nSPS) is 11.3. The molecule has 0 aromatic carbocycles. The van der Waals surface area contributed by atoms with E-state index in [1.54, 1.807) is 0 Å². The minimum absolute atomic E-state index is 1.51. The van der Waals surface area contributed by atoms with Crippen LogP contribution in [0.2, 0.25) is 0 Å². The first kappa shape index (κ1) is 6.11. The third-order valence-electron chi connectivity index (χ3n) is 0.346. The van der Waals surface area contributed by atoms with Crippen molar-refractivity contribution in [2.45, 2.75) is 0 Å². The lowest BCUT2D eigenvalue weighted by Crippen LogP contribution is -2.12. The molecule has 4 nitrogen and oxygen atoms in total. The van der Waals surface area contributed by atoms with Gasteiger partial charge >= 0.3 is 0 Å². The molecular formula is CH9N4P. The molecular weight excluding hydrogens is 99.0 g/mol. The van der Waals surface area contributed by atoms with Crippen LogP contribution in [-0.4, -0.2) is 7.05 Å². The third kappa shape index (κ3) is 4.11. The van der Waals surface area contributed by atoms with Crippen LogP contribution in [-0.2, 0) is 0 Å². The van der Waals surface area contributed by atoms with E-state index in [1.165, 1.54) is 7.05 Å². The van der Waals surface area contributed by atoms with Gasteiger partial charge in [0.1, 0.15) is 0 Å². The van der Waals surface area contributed by atoms with E-state index in [-0.39, 0.29) is 0 Å². The topological polar surface area (TPSA) is 90.4 Å². The maximum atomic E-state index is 5.03. The maximum Gasteiger partial charge on any atom is 0.151 e. The molecule has 0 bridgehead atoms. The average Bonchev–Trinajstić information content (AvgIpc) is 1.35. The average molecular weight is 108 g/mol. The number of hydrogen-bond donors (Lipinski definition) is 3. The lowest BCUT2D eigenvalue weighted by atomic mass is 11.6. The van der Waals surface area contributed by atoms with Gasteiger partial charge in [0.2, 0.25) is 0 Å². The van der Waals surface area contributed by atoms with E-state index in [0.717, 1.165) is 0 Å². The number of nitrogens with zero attached hydrogens (tertiary/aromatic N) is 1. The van der Waals surface area contributed by atoms with Crippen LogP contribution in [0.25, 0.3) is 0 Å². The molecule has 0 rings (SSSR count). The van der Waals surface area contributed by atoms with Gasteiger partial charge in [-0.15, -0.1) is 0 Å². The molecule has 0 aliphatic heterocycles. The van der Waals surface area contributed by atoms with E-state index in [9.17, 15) is 0 Å². The third-order valence-corrected chi connectivity index (χ3v) is 1.04. The number of rotatable bonds is 0. The molecule has 5 heteroatoms. The predicted molar refractivity (Wildman–Crippen MR) is 27.8 cm³/mol. The van der Waals surface area contributed by atoms with Gasteiger partial charge in [0.15, 0.2) is 7.51 Å². The Bertz CT molecular complexity index is 71.3. The standard InChI is InChI=1S/CH9N4P/c1-5-6(2,3)4/h2-4H2,1H3. The smallest absolute Gasteiger partial charge is 0.151 e. The highest BCUT2D eigenvalue weighted by Crippen LogP contribution is 2.14. The van der Waals surface area contributed by atoms with Gasteiger partial charge < -0.3 is 0 Å². The summed E-state index contributed by atoms with van der Waals surface area (Å²) >= 11 is 0. The number of nitrogens with two attached hydrogens (primary N) is 3. The zero-order valence-electron chi connectivity index (χ0n) is 3.63. The van der Waals surface area contributed by atoms with Crippen LogP contribution in [0.3, 0.4) is 0 Å². The van der Waals surface area contributed by atoms with Crippen LogP contribution in [0.1, 0.15) is 0 Å². The van der Waals surface area contributed by atoms with Crippen LogP contribution in [0, 0.1) is 0 Å². The molecule has 0 amide bonds. The van der Waals surface area contributed by atoms with E-state index < -0.39 is 7.51 Å². The van der Waals surface area contributed by atoms with Crippen LogP contribution in [0.4, 0.5) is 0 Å². The summed E-state index contributed by atoms with van der Waals surface area (Å²) in [7, 11) is -0.764. The summed E-state index contributed by atoms with van der Waals surface area (Å²) in [6.45, 7) is 0. The maximum absolute atomic E-state index is 5.03. The van der Waals surface area contributed by atoms with Gasteiger partial charge in [-0.3, -0.25) is 21.3 Å². The largest absolute Gasteiger partial charge is 0.274 e. The Hall–Kier alpha value is 0.110. The summed E-state index contributed by atoms with van der Waals surface area (Å²) < 4.78 is 3.47.